The van der Waals surface area contributed by atoms with E-state index in [1.165, 1.54) is 12.1 Å². The molecule has 3 nitrogen and oxygen atoms in total. The fraction of sp³-hybridized carbons (Fsp3) is 0.188. The first-order valence-electron chi connectivity index (χ1n) is 6.32. The molecule has 0 spiro atoms. The lowest BCUT2D eigenvalue weighted by Gasteiger charge is -2.08. The van der Waals surface area contributed by atoms with Crippen LogP contribution in [0.3, 0.4) is 0 Å². The summed E-state index contributed by atoms with van der Waals surface area (Å²) in [7, 11) is 0. The highest BCUT2D eigenvalue weighted by molar-refractivity contribution is 5.67. The van der Waals surface area contributed by atoms with E-state index in [1.807, 2.05) is 30.3 Å². The Morgan fingerprint density at radius 3 is 2.50 bits per heavy atom. The monoisotopic (exact) mass is 274 g/mol. The number of hydrogen-bond donors (Lipinski definition) is 1. The van der Waals surface area contributed by atoms with Gasteiger partial charge in [0.1, 0.15) is 6.61 Å². The summed E-state index contributed by atoms with van der Waals surface area (Å²) in [5.41, 5.74) is 1.61. The van der Waals surface area contributed by atoms with E-state index in [2.05, 4.69) is 0 Å². The van der Waals surface area contributed by atoms with Gasteiger partial charge >= 0.3 is 5.97 Å². The Labute approximate surface area is 116 Å². The number of rotatable bonds is 6. The van der Waals surface area contributed by atoms with Gasteiger partial charge in [-0.25, -0.2) is 4.39 Å². The number of aliphatic carboxylic acids is 1. The number of halogens is 1. The van der Waals surface area contributed by atoms with Gasteiger partial charge in [0.15, 0.2) is 11.6 Å². The van der Waals surface area contributed by atoms with Crippen LogP contribution >= 0.6 is 0 Å². The highest BCUT2D eigenvalue weighted by Crippen LogP contribution is 2.20. The minimum absolute atomic E-state index is 0.0103. The van der Waals surface area contributed by atoms with Crippen molar-refractivity contribution in [2.24, 2.45) is 0 Å². The summed E-state index contributed by atoms with van der Waals surface area (Å²) in [5, 5.41) is 8.59. The van der Waals surface area contributed by atoms with Crippen molar-refractivity contribution in [2.45, 2.75) is 19.4 Å². The SMILES string of the molecule is O=C(O)CCc1ccc(OCc2ccccc2)c(F)c1. The highest BCUT2D eigenvalue weighted by Gasteiger charge is 2.06. The summed E-state index contributed by atoms with van der Waals surface area (Å²) in [4.78, 5) is 10.5. The fourth-order valence-electron chi connectivity index (χ4n) is 1.80. The Hall–Kier alpha value is -2.36. The molecule has 0 aliphatic carbocycles. The maximum absolute atomic E-state index is 13.8. The Morgan fingerprint density at radius 2 is 1.85 bits per heavy atom. The average molecular weight is 274 g/mol. The van der Waals surface area contributed by atoms with Gasteiger partial charge in [0.2, 0.25) is 0 Å². The maximum Gasteiger partial charge on any atom is 0.303 e. The summed E-state index contributed by atoms with van der Waals surface area (Å²) < 4.78 is 19.2. The zero-order chi connectivity index (χ0) is 14.4. The molecule has 0 atom stereocenters. The molecule has 0 aliphatic rings. The Balaban J connectivity index is 1.97. The Kier molecular flexibility index (Phi) is 4.71. The van der Waals surface area contributed by atoms with Crippen LogP contribution < -0.4 is 4.74 Å². The second-order valence-electron chi connectivity index (χ2n) is 4.43. The molecule has 2 aromatic rings. The van der Waals surface area contributed by atoms with E-state index in [4.69, 9.17) is 9.84 Å². The van der Waals surface area contributed by atoms with Gasteiger partial charge < -0.3 is 9.84 Å². The third-order valence-electron chi connectivity index (χ3n) is 2.86. The molecule has 0 radical (unpaired) electrons. The van der Waals surface area contributed by atoms with E-state index >= 15 is 0 Å². The highest BCUT2D eigenvalue weighted by atomic mass is 19.1. The molecule has 4 heteroatoms. The van der Waals surface area contributed by atoms with Crippen LogP contribution in [0.1, 0.15) is 17.5 Å². The molecule has 0 bridgehead atoms. The maximum atomic E-state index is 13.8. The van der Waals surface area contributed by atoms with Crippen molar-refractivity contribution in [3.63, 3.8) is 0 Å². The Bertz CT molecular complexity index is 582. The molecule has 0 fully saturated rings. The largest absolute Gasteiger partial charge is 0.486 e. The summed E-state index contributed by atoms with van der Waals surface area (Å²) in [6, 6.07) is 14.0. The normalized spacial score (nSPS) is 10.2. The molecule has 2 rings (SSSR count). The van der Waals surface area contributed by atoms with E-state index in [0.29, 0.717) is 18.6 Å². The van der Waals surface area contributed by atoms with Gasteiger partial charge in [0.05, 0.1) is 0 Å². The molecule has 0 amide bonds. The van der Waals surface area contributed by atoms with Crippen LogP contribution in [0.15, 0.2) is 48.5 Å². The van der Waals surface area contributed by atoms with Crippen molar-refractivity contribution < 1.29 is 19.0 Å². The number of aryl methyl sites for hydroxylation is 1. The lowest BCUT2D eigenvalue weighted by Crippen LogP contribution is -2.00. The van der Waals surface area contributed by atoms with Gasteiger partial charge in [-0.05, 0) is 29.7 Å². The van der Waals surface area contributed by atoms with Crippen molar-refractivity contribution >= 4 is 5.97 Å². The number of ether oxygens (including phenoxy) is 1. The summed E-state index contributed by atoms with van der Waals surface area (Å²) >= 11 is 0. The van der Waals surface area contributed by atoms with Crippen molar-refractivity contribution in [3.05, 3.63) is 65.5 Å². The molecule has 0 unspecified atom stereocenters. The van der Waals surface area contributed by atoms with E-state index < -0.39 is 11.8 Å². The van der Waals surface area contributed by atoms with E-state index in [0.717, 1.165) is 5.56 Å². The topological polar surface area (TPSA) is 46.5 Å². The third kappa shape index (κ3) is 4.09. The van der Waals surface area contributed by atoms with Gasteiger partial charge in [-0.15, -0.1) is 0 Å². The van der Waals surface area contributed by atoms with E-state index in [9.17, 15) is 9.18 Å². The molecule has 104 valence electrons. The van der Waals surface area contributed by atoms with Crippen molar-refractivity contribution in [2.75, 3.05) is 0 Å². The summed E-state index contributed by atoms with van der Waals surface area (Å²) in [5.74, 6) is -1.19. The summed E-state index contributed by atoms with van der Waals surface area (Å²) in [6.45, 7) is 0.298. The van der Waals surface area contributed by atoms with Crippen LogP contribution in [0, 0.1) is 5.82 Å². The number of hydrogen-bond acceptors (Lipinski definition) is 2. The van der Waals surface area contributed by atoms with Crippen LogP contribution in [-0.4, -0.2) is 11.1 Å². The lowest BCUT2D eigenvalue weighted by molar-refractivity contribution is -0.136. The minimum Gasteiger partial charge on any atom is -0.486 e. The quantitative estimate of drug-likeness (QED) is 0.878. The number of carboxylic acid groups (broad SMARTS) is 1. The molecule has 0 aliphatic heterocycles. The van der Waals surface area contributed by atoms with E-state index in [1.54, 1.807) is 6.07 Å². The van der Waals surface area contributed by atoms with Crippen LogP contribution in [0.2, 0.25) is 0 Å². The molecule has 20 heavy (non-hydrogen) atoms. The molecular weight excluding hydrogens is 259 g/mol. The van der Waals surface area contributed by atoms with Crippen LogP contribution in [0.4, 0.5) is 4.39 Å². The first-order chi connectivity index (χ1) is 9.65. The van der Waals surface area contributed by atoms with Crippen molar-refractivity contribution in [1.29, 1.82) is 0 Å². The zero-order valence-corrected chi connectivity index (χ0v) is 10.9. The molecule has 2 aromatic carbocycles. The predicted molar refractivity (Wildman–Crippen MR) is 73.1 cm³/mol. The number of carboxylic acids is 1. The second kappa shape index (κ2) is 6.70. The molecule has 1 N–H and O–H groups in total. The minimum atomic E-state index is -0.894. The predicted octanol–water partition coefficient (Wildman–Crippen LogP) is 3.42. The average Bonchev–Trinajstić information content (AvgIpc) is 2.45. The number of carbonyl (C=O) groups is 1. The van der Waals surface area contributed by atoms with Gasteiger partial charge in [-0.3, -0.25) is 4.79 Å². The molecule has 0 saturated carbocycles. The van der Waals surface area contributed by atoms with Gasteiger partial charge in [0.25, 0.3) is 0 Å². The van der Waals surface area contributed by atoms with Gasteiger partial charge in [-0.1, -0.05) is 36.4 Å². The molecular formula is C16H15FO3. The smallest absolute Gasteiger partial charge is 0.303 e. The number of benzene rings is 2. The third-order valence-corrected chi connectivity index (χ3v) is 2.86. The first-order valence-corrected chi connectivity index (χ1v) is 6.32. The second-order valence-corrected chi connectivity index (χ2v) is 4.43. The summed E-state index contributed by atoms with van der Waals surface area (Å²) in [6.07, 6.45) is 0.300. The van der Waals surface area contributed by atoms with E-state index in [-0.39, 0.29) is 12.2 Å². The zero-order valence-electron chi connectivity index (χ0n) is 10.9. The van der Waals surface area contributed by atoms with Crippen LogP contribution in [0.25, 0.3) is 0 Å². The van der Waals surface area contributed by atoms with Crippen molar-refractivity contribution in [1.82, 2.24) is 0 Å². The molecule has 0 heterocycles. The van der Waals surface area contributed by atoms with Gasteiger partial charge in [0, 0.05) is 6.42 Å². The first kappa shape index (κ1) is 14.1. The van der Waals surface area contributed by atoms with Crippen LogP contribution in [0.5, 0.6) is 5.75 Å². The Morgan fingerprint density at radius 1 is 1.10 bits per heavy atom. The molecule has 0 aromatic heterocycles. The standard InChI is InChI=1S/C16H15FO3/c17-14-10-12(7-9-16(18)19)6-8-15(14)20-11-13-4-2-1-3-5-13/h1-6,8,10H,7,9,11H2,(H,18,19). The van der Waals surface area contributed by atoms with Crippen LogP contribution in [-0.2, 0) is 17.8 Å². The van der Waals surface area contributed by atoms with Crippen molar-refractivity contribution in [3.8, 4) is 5.75 Å². The lowest BCUT2D eigenvalue weighted by atomic mass is 10.1. The van der Waals surface area contributed by atoms with Gasteiger partial charge in [-0.2, -0.15) is 0 Å². The molecule has 0 saturated heterocycles. The fourth-order valence-corrected chi connectivity index (χ4v) is 1.80.